The van der Waals surface area contributed by atoms with Crippen molar-refractivity contribution < 1.29 is 9.18 Å². The number of Topliss-reactive ketones (excluding diaryl/α,β-unsaturated/α-hetero) is 1. The van der Waals surface area contributed by atoms with Gasteiger partial charge in [0.2, 0.25) is 0 Å². The molecule has 0 amide bonds. The molecule has 0 atom stereocenters. The third-order valence-corrected chi connectivity index (χ3v) is 2.62. The van der Waals surface area contributed by atoms with Crippen LogP contribution in [0.15, 0.2) is 18.2 Å². The van der Waals surface area contributed by atoms with E-state index in [9.17, 15) is 9.18 Å². The monoisotopic (exact) mass is 356 g/mol. The van der Waals surface area contributed by atoms with Gasteiger partial charge in [0.25, 0.3) is 0 Å². The molecular formula is C9H7BrFIO. The summed E-state index contributed by atoms with van der Waals surface area (Å²) in [6, 6.07) is 4.62. The second-order valence-electron chi connectivity index (χ2n) is 2.49. The van der Waals surface area contributed by atoms with Crippen LogP contribution in [-0.2, 0) is 0 Å². The quantitative estimate of drug-likeness (QED) is 0.461. The van der Waals surface area contributed by atoms with E-state index < -0.39 is 5.82 Å². The lowest BCUT2D eigenvalue weighted by Crippen LogP contribution is -2.02. The fourth-order valence-electron chi connectivity index (χ4n) is 0.936. The van der Waals surface area contributed by atoms with Gasteiger partial charge in [-0.1, -0.05) is 15.9 Å². The fourth-order valence-corrected chi connectivity index (χ4v) is 1.75. The van der Waals surface area contributed by atoms with Gasteiger partial charge in [0.05, 0.1) is 5.56 Å². The molecule has 70 valence electrons. The lowest BCUT2D eigenvalue weighted by atomic mass is 10.1. The van der Waals surface area contributed by atoms with E-state index in [0.29, 0.717) is 11.8 Å². The van der Waals surface area contributed by atoms with E-state index in [1.165, 1.54) is 12.1 Å². The van der Waals surface area contributed by atoms with Crippen LogP contribution in [0.25, 0.3) is 0 Å². The second kappa shape index (κ2) is 5.05. The molecule has 0 aliphatic heterocycles. The maximum absolute atomic E-state index is 13.2. The molecule has 0 heterocycles. The number of ketones is 1. The summed E-state index contributed by atoms with van der Waals surface area (Å²) < 4.78 is 14.0. The summed E-state index contributed by atoms with van der Waals surface area (Å²) in [5.41, 5.74) is 0.180. The normalized spacial score (nSPS) is 10.1. The van der Waals surface area contributed by atoms with Crippen molar-refractivity contribution in [2.24, 2.45) is 0 Å². The molecule has 4 heteroatoms. The highest BCUT2D eigenvalue weighted by atomic mass is 127. The van der Waals surface area contributed by atoms with Gasteiger partial charge in [-0.3, -0.25) is 4.79 Å². The zero-order valence-electron chi connectivity index (χ0n) is 6.69. The van der Waals surface area contributed by atoms with Crippen LogP contribution in [-0.4, -0.2) is 11.1 Å². The lowest BCUT2D eigenvalue weighted by molar-refractivity contribution is 0.0986. The second-order valence-corrected chi connectivity index (χ2v) is 4.52. The van der Waals surface area contributed by atoms with Gasteiger partial charge in [-0.15, -0.1) is 0 Å². The Labute approximate surface area is 98.0 Å². The summed E-state index contributed by atoms with van der Waals surface area (Å²) in [6.45, 7) is 0. The van der Waals surface area contributed by atoms with Crippen molar-refractivity contribution >= 4 is 44.3 Å². The Hall–Kier alpha value is 0.0300. The molecule has 0 aliphatic rings. The topological polar surface area (TPSA) is 17.1 Å². The maximum Gasteiger partial charge on any atom is 0.166 e. The zero-order chi connectivity index (χ0) is 9.84. The van der Waals surface area contributed by atoms with Gasteiger partial charge in [-0.25, -0.2) is 4.39 Å². The first kappa shape index (κ1) is 11.1. The van der Waals surface area contributed by atoms with Crippen molar-refractivity contribution in [2.75, 3.05) is 5.33 Å². The van der Waals surface area contributed by atoms with E-state index in [4.69, 9.17) is 0 Å². The van der Waals surface area contributed by atoms with Gasteiger partial charge in [0, 0.05) is 15.3 Å². The van der Waals surface area contributed by atoms with Crippen LogP contribution in [0.5, 0.6) is 0 Å². The minimum atomic E-state index is -0.433. The molecule has 1 aromatic rings. The van der Waals surface area contributed by atoms with Crippen molar-refractivity contribution in [2.45, 2.75) is 6.42 Å². The molecule has 1 aromatic carbocycles. The van der Waals surface area contributed by atoms with Crippen molar-refractivity contribution in [1.29, 1.82) is 0 Å². The van der Waals surface area contributed by atoms with Crippen LogP contribution in [0, 0.1) is 9.39 Å². The predicted octanol–water partition coefficient (Wildman–Crippen LogP) is 3.40. The summed E-state index contributed by atoms with van der Waals surface area (Å²) in [6.07, 6.45) is 0.331. The smallest absolute Gasteiger partial charge is 0.166 e. The third-order valence-electron chi connectivity index (χ3n) is 1.55. The summed E-state index contributed by atoms with van der Waals surface area (Å²) in [5.74, 6) is -0.594. The molecule has 0 spiro atoms. The van der Waals surface area contributed by atoms with Crippen LogP contribution in [0.4, 0.5) is 4.39 Å². The predicted molar refractivity (Wildman–Crippen MR) is 61.9 cm³/mol. The minimum absolute atomic E-state index is 0.161. The van der Waals surface area contributed by atoms with Gasteiger partial charge in [-0.05, 0) is 40.8 Å². The SMILES string of the molecule is O=C(CCBr)c1ccc(I)cc1F. The summed E-state index contributed by atoms with van der Waals surface area (Å²) >= 11 is 5.15. The lowest BCUT2D eigenvalue weighted by Gasteiger charge is -2.00. The first-order valence-electron chi connectivity index (χ1n) is 3.69. The molecule has 0 aliphatic carbocycles. The van der Waals surface area contributed by atoms with Crippen LogP contribution >= 0.6 is 38.5 Å². The number of benzene rings is 1. The number of carbonyl (C=O) groups is 1. The summed E-state index contributed by atoms with van der Waals surface area (Å²) in [4.78, 5) is 11.3. The Balaban J connectivity index is 2.95. The Morgan fingerprint density at radius 3 is 2.77 bits per heavy atom. The van der Waals surface area contributed by atoms with E-state index in [2.05, 4.69) is 15.9 Å². The summed E-state index contributed by atoms with van der Waals surface area (Å²) in [7, 11) is 0. The largest absolute Gasteiger partial charge is 0.294 e. The van der Waals surface area contributed by atoms with Gasteiger partial charge < -0.3 is 0 Å². The first-order valence-corrected chi connectivity index (χ1v) is 5.89. The van der Waals surface area contributed by atoms with Gasteiger partial charge in [0.15, 0.2) is 5.78 Å². The van der Waals surface area contributed by atoms with E-state index >= 15 is 0 Å². The Morgan fingerprint density at radius 1 is 1.54 bits per heavy atom. The number of hydrogen-bond donors (Lipinski definition) is 0. The first-order chi connectivity index (χ1) is 6.15. The van der Waals surface area contributed by atoms with Crippen molar-refractivity contribution in [3.05, 3.63) is 33.1 Å². The molecule has 0 radical (unpaired) electrons. The molecule has 0 unspecified atom stereocenters. The molecule has 1 rings (SSSR count). The number of alkyl halides is 1. The van der Waals surface area contributed by atoms with E-state index in [0.717, 1.165) is 3.57 Å². The number of hydrogen-bond acceptors (Lipinski definition) is 1. The molecular weight excluding hydrogens is 350 g/mol. The molecule has 0 saturated carbocycles. The van der Waals surface area contributed by atoms with Crippen LogP contribution in [0.1, 0.15) is 16.8 Å². The molecule has 0 N–H and O–H groups in total. The highest BCUT2D eigenvalue weighted by Crippen LogP contribution is 2.14. The van der Waals surface area contributed by atoms with E-state index in [1.807, 2.05) is 22.6 Å². The maximum atomic E-state index is 13.2. The average molecular weight is 357 g/mol. The molecule has 0 saturated heterocycles. The van der Waals surface area contributed by atoms with Gasteiger partial charge in [0.1, 0.15) is 5.82 Å². The fraction of sp³-hybridized carbons (Fsp3) is 0.222. The highest BCUT2D eigenvalue weighted by Gasteiger charge is 2.10. The minimum Gasteiger partial charge on any atom is -0.294 e. The standard InChI is InChI=1S/C9H7BrFIO/c10-4-3-9(13)7-2-1-6(12)5-8(7)11/h1-2,5H,3-4H2. The van der Waals surface area contributed by atoms with Gasteiger partial charge >= 0.3 is 0 Å². The highest BCUT2D eigenvalue weighted by molar-refractivity contribution is 14.1. The van der Waals surface area contributed by atoms with Crippen molar-refractivity contribution in [3.8, 4) is 0 Å². The molecule has 0 bridgehead atoms. The van der Waals surface area contributed by atoms with Crippen molar-refractivity contribution in [3.63, 3.8) is 0 Å². The Kier molecular flexibility index (Phi) is 4.31. The van der Waals surface area contributed by atoms with Crippen molar-refractivity contribution in [1.82, 2.24) is 0 Å². The Morgan fingerprint density at radius 2 is 2.23 bits per heavy atom. The van der Waals surface area contributed by atoms with Crippen LogP contribution in [0.3, 0.4) is 0 Å². The molecule has 13 heavy (non-hydrogen) atoms. The van der Waals surface area contributed by atoms with Crippen LogP contribution < -0.4 is 0 Å². The number of carbonyl (C=O) groups excluding carboxylic acids is 1. The molecule has 0 aromatic heterocycles. The zero-order valence-corrected chi connectivity index (χ0v) is 10.4. The number of halogens is 3. The van der Waals surface area contributed by atoms with Crippen LogP contribution in [0.2, 0.25) is 0 Å². The van der Waals surface area contributed by atoms with E-state index in [-0.39, 0.29) is 11.3 Å². The number of rotatable bonds is 3. The average Bonchev–Trinajstić information content (AvgIpc) is 2.04. The van der Waals surface area contributed by atoms with E-state index in [1.54, 1.807) is 6.07 Å². The summed E-state index contributed by atoms with van der Waals surface area (Å²) in [5, 5.41) is 0.567. The molecule has 1 nitrogen and oxygen atoms in total. The third kappa shape index (κ3) is 3.02. The Bertz CT molecular complexity index is 327. The van der Waals surface area contributed by atoms with Gasteiger partial charge in [-0.2, -0.15) is 0 Å². The molecule has 0 fully saturated rings.